The molecule has 116 valence electrons. The Morgan fingerprint density at radius 3 is 2.35 bits per heavy atom. The highest BCUT2D eigenvalue weighted by Gasteiger charge is 2.18. The lowest BCUT2D eigenvalue weighted by atomic mass is 9.81. The first kappa shape index (κ1) is 15.8. The third kappa shape index (κ3) is 5.82. The van der Waals surface area contributed by atoms with Crippen molar-refractivity contribution in [2.45, 2.75) is 64.7 Å². The lowest BCUT2D eigenvalue weighted by molar-refractivity contribution is -0.121. The summed E-state index contributed by atoms with van der Waals surface area (Å²) in [6, 6.07) is 0. The molecule has 0 aromatic heterocycles. The van der Waals surface area contributed by atoms with Crippen molar-refractivity contribution < 1.29 is 4.79 Å². The molecule has 2 rings (SSSR count). The lowest BCUT2D eigenvalue weighted by Gasteiger charge is -2.26. The topological polar surface area (TPSA) is 41.1 Å². The molecule has 1 amide bonds. The van der Waals surface area contributed by atoms with E-state index in [4.69, 9.17) is 0 Å². The molecule has 0 atom stereocenters. The molecule has 1 saturated heterocycles. The van der Waals surface area contributed by atoms with Crippen molar-refractivity contribution in [3.8, 4) is 0 Å². The van der Waals surface area contributed by atoms with Crippen LogP contribution < -0.4 is 10.6 Å². The van der Waals surface area contributed by atoms with Gasteiger partial charge in [-0.3, -0.25) is 4.79 Å². The summed E-state index contributed by atoms with van der Waals surface area (Å²) in [5, 5.41) is 6.50. The highest BCUT2D eigenvalue weighted by molar-refractivity contribution is 5.75. The van der Waals surface area contributed by atoms with Crippen LogP contribution in [0.1, 0.15) is 64.7 Å². The summed E-state index contributed by atoms with van der Waals surface area (Å²) in [5.41, 5.74) is 0. The van der Waals surface area contributed by atoms with Gasteiger partial charge in [0, 0.05) is 13.0 Å². The van der Waals surface area contributed by atoms with Crippen molar-refractivity contribution in [3.05, 3.63) is 0 Å². The fourth-order valence-electron chi connectivity index (χ4n) is 3.63. The van der Waals surface area contributed by atoms with Crippen molar-refractivity contribution in [3.63, 3.8) is 0 Å². The lowest BCUT2D eigenvalue weighted by Crippen LogP contribution is -2.30. The number of carbonyl (C=O) groups is 1. The highest BCUT2D eigenvalue weighted by atomic mass is 16.1. The van der Waals surface area contributed by atoms with Gasteiger partial charge in [0.05, 0.1) is 0 Å². The summed E-state index contributed by atoms with van der Waals surface area (Å²) >= 11 is 0. The minimum absolute atomic E-state index is 0.271. The second-order valence-corrected chi connectivity index (χ2v) is 7.00. The van der Waals surface area contributed by atoms with E-state index in [1.165, 1.54) is 44.9 Å². The van der Waals surface area contributed by atoms with Gasteiger partial charge in [0.25, 0.3) is 0 Å². The fraction of sp³-hybridized carbons (Fsp3) is 0.941. The molecule has 3 nitrogen and oxygen atoms in total. The molecule has 20 heavy (non-hydrogen) atoms. The number of hydrogen-bond acceptors (Lipinski definition) is 2. The molecule has 1 heterocycles. The Labute approximate surface area is 124 Å². The van der Waals surface area contributed by atoms with Crippen molar-refractivity contribution in [2.75, 3.05) is 19.6 Å². The van der Waals surface area contributed by atoms with Gasteiger partial charge in [0.2, 0.25) is 5.91 Å². The molecule has 1 saturated carbocycles. The van der Waals surface area contributed by atoms with Gasteiger partial charge in [0.15, 0.2) is 0 Å². The Kier molecular flexibility index (Phi) is 6.85. The van der Waals surface area contributed by atoms with E-state index in [0.717, 1.165) is 50.2 Å². The highest BCUT2D eigenvalue weighted by Crippen LogP contribution is 2.29. The molecule has 2 N–H and O–H groups in total. The van der Waals surface area contributed by atoms with E-state index in [9.17, 15) is 4.79 Å². The molecule has 1 aliphatic heterocycles. The molecular formula is C17H32N2O. The Bertz CT molecular complexity index is 279. The van der Waals surface area contributed by atoms with Crippen LogP contribution in [-0.2, 0) is 4.79 Å². The van der Waals surface area contributed by atoms with Crippen molar-refractivity contribution in [2.24, 2.45) is 17.8 Å². The van der Waals surface area contributed by atoms with E-state index in [1.807, 2.05) is 0 Å². The minimum Gasteiger partial charge on any atom is -0.356 e. The third-order valence-corrected chi connectivity index (χ3v) is 5.25. The van der Waals surface area contributed by atoms with E-state index in [1.54, 1.807) is 0 Å². The minimum atomic E-state index is 0.271. The van der Waals surface area contributed by atoms with Crippen LogP contribution in [0.5, 0.6) is 0 Å². The first-order valence-corrected chi connectivity index (χ1v) is 8.71. The summed E-state index contributed by atoms with van der Waals surface area (Å²) < 4.78 is 0. The zero-order chi connectivity index (χ0) is 14.2. The van der Waals surface area contributed by atoms with Crippen molar-refractivity contribution >= 4 is 5.91 Å². The molecule has 0 aromatic rings. The third-order valence-electron chi connectivity index (χ3n) is 5.25. The predicted octanol–water partition coefficient (Wildman–Crippen LogP) is 3.10. The number of piperidine rings is 1. The average Bonchev–Trinajstić information content (AvgIpc) is 2.48. The van der Waals surface area contributed by atoms with E-state index in [0.29, 0.717) is 0 Å². The van der Waals surface area contributed by atoms with E-state index in [2.05, 4.69) is 17.6 Å². The average molecular weight is 280 g/mol. The van der Waals surface area contributed by atoms with Crippen molar-refractivity contribution in [1.82, 2.24) is 10.6 Å². The monoisotopic (exact) mass is 280 g/mol. The van der Waals surface area contributed by atoms with E-state index >= 15 is 0 Å². The number of rotatable bonds is 6. The largest absolute Gasteiger partial charge is 0.356 e. The van der Waals surface area contributed by atoms with Gasteiger partial charge in [-0.05, 0) is 56.5 Å². The van der Waals surface area contributed by atoms with Gasteiger partial charge in [-0.25, -0.2) is 0 Å². The van der Waals surface area contributed by atoms with Crippen LogP contribution in [-0.4, -0.2) is 25.5 Å². The maximum atomic E-state index is 11.9. The first-order chi connectivity index (χ1) is 9.74. The van der Waals surface area contributed by atoms with Crippen LogP contribution in [0.2, 0.25) is 0 Å². The Morgan fingerprint density at radius 1 is 1.00 bits per heavy atom. The summed E-state index contributed by atoms with van der Waals surface area (Å²) in [5.74, 6) is 2.82. The van der Waals surface area contributed by atoms with Crippen LogP contribution in [0.15, 0.2) is 0 Å². The number of amides is 1. The summed E-state index contributed by atoms with van der Waals surface area (Å²) in [6.07, 6.45) is 11.0. The second-order valence-electron chi connectivity index (χ2n) is 7.00. The summed E-state index contributed by atoms with van der Waals surface area (Å²) in [4.78, 5) is 11.9. The van der Waals surface area contributed by atoms with E-state index in [-0.39, 0.29) is 5.91 Å². The van der Waals surface area contributed by atoms with E-state index < -0.39 is 0 Å². The zero-order valence-corrected chi connectivity index (χ0v) is 13.1. The molecule has 1 aliphatic carbocycles. The quantitative estimate of drug-likeness (QED) is 0.785. The van der Waals surface area contributed by atoms with Gasteiger partial charge in [-0.2, -0.15) is 0 Å². The Balaban J connectivity index is 1.49. The predicted molar refractivity (Wildman–Crippen MR) is 83.6 cm³/mol. The number of nitrogens with one attached hydrogen (secondary N) is 2. The van der Waals surface area contributed by atoms with Crippen LogP contribution >= 0.6 is 0 Å². The normalized spacial score (nSPS) is 28.2. The molecule has 0 spiro atoms. The fourth-order valence-corrected chi connectivity index (χ4v) is 3.63. The number of carbonyl (C=O) groups excluding carboxylic acids is 1. The van der Waals surface area contributed by atoms with Crippen molar-refractivity contribution in [1.29, 1.82) is 0 Å². The zero-order valence-electron chi connectivity index (χ0n) is 13.1. The smallest absolute Gasteiger partial charge is 0.220 e. The van der Waals surface area contributed by atoms with Crippen LogP contribution in [0.4, 0.5) is 0 Å². The Morgan fingerprint density at radius 2 is 1.65 bits per heavy atom. The van der Waals surface area contributed by atoms with Gasteiger partial charge in [0.1, 0.15) is 0 Å². The van der Waals surface area contributed by atoms with Crippen LogP contribution in [0.3, 0.4) is 0 Å². The Hall–Kier alpha value is -0.570. The molecule has 3 heteroatoms. The number of hydrogen-bond donors (Lipinski definition) is 2. The summed E-state index contributed by atoms with van der Waals surface area (Å²) in [7, 11) is 0. The standard InChI is InChI=1S/C17H32N2O/c1-14-2-4-15(5-3-14)10-13-19-17(20)7-6-16-8-11-18-12-9-16/h14-16,18H,2-13H2,1H3,(H,19,20). The molecule has 0 bridgehead atoms. The van der Waals surface area contributed by atoms with Gasteiger partial charge in [-0.15, -0.1) is 0 Å². The molecule has 0 unspecified atom stereocenters. The molecule has 2 fully saturated rings. The maximum absolute atomic E-state index is 11.9. The van der Waals surface area contributed by atoms with Gasteiger partial charge < -0.3 is 10.6 Å². The summed E-state index contributed by atoms with van der Waals surface area (Å²) in [6.45, 7) is 5.52. The first-order valence-electron chi connectivity index (χ1n) is 8.71. The van der Waals surface area contributed by atoms with Gasteiger partial charge >= 0.3 is 0 Å². The van der Waals surface area contributed by atoms with Crippen LogP contribution in [0, 0.1) is 17.8 Å². The second kappa shape index (κ2) is 8.66. The van der Waals surface area contributed by atoms with Gasteiger partial charge in [-0.1, -0.05) is 32.6 Å². The molecule has 2 aliphatic rings. The maximum Gasteiger partial charge on any atom is 0.220 e. The SMILES string of the molecule is CC1CCC(CCNC(=O)CCC2CCNCC2)CC1. The van der Waals surface area contributed by atoms with Crippen LogP contribution in [0.25, 0.3) is 0 Å². The molecule has 0 radical (unpaired) electrons. The molecular weight excluding hydrogens is 248 g/mol. The molecule has 0 aromatic carbocycles.